The fourth-order valence-electron chi connectivity index (χ4n) is 5.09. The Morgan fingerprint density at radius 2 is 1.86 bits per heavy atom. The lowest BCUT2D eigenvalue weighted by atomic mass is 9.96. The molecule has 0 bridgehead atoms. The predicted molar refractivity (Wildman–Crippen MR) is 168 cm³/mol. The van der Waals surface area contributed by atoms with E-state index in [1.54, 1.807) is 12.1 Å². The van der Waals surface area contributed by atoms with Gasteiger partial charge in [0.1, 0.15) is 17.1 Å². The Balaban J connectivity index is 1.45. The zero-order chi connectivity index (χ0) is 30.1. The smallest absolute Gasteiger partial charge is 0.301 e. The number of carbonyl (C=O) groups is 2. The fourth-order valence-corrected chi connectivity index (χ4v) is 6.91. The van der Waals surface area contributed by atoms with E-state index in [4.69, 9.17) is 4.74 Å². The molecule has 4 heterocycles. The van der Waals surface area contributed by atoms with Crippen molar-refractivity contribution < 1.29 is 19.4 Å². The number of carbonyl (C=O) groups excluding carboxylic acids is 2. The van der Waals surface area contributed by atoms with Crippen LogP contribution in [0.2, 0.25) is 0 Å². The molecule has 0 radical (unpaired) electrons. The van der Waals surface area contributed by atoms with E-state index in [-0.39, 0.29) is 22.2 Å². The maximum Gasteiger partial charge on any atom is 0.301 e. The number of aliphatic hydroxyl groups excluding tert-OH is 1. The highest BCUT2D eigenvalue weighted by Gasteiger charge is 2.49. The van der Waals surface area contributed by atoms with Crippen LogP contribution in [-0.2, 0) is 15.3 Å². The monoisotopic (exact) mass is 611 g/mol. The van der Waals surface area contributed by atoms with Gasteiger partial charge in [-0.05, 0) is 55.2 Å². The molecule has 218 valence electrons. The van der Waals surface area contributed by atoms with E-state index in [1.807, 2.05) is 86.0 Å². The Kier molecular flexibility index (Phi) is 8.00. The molecule has 3 aromatic heterocycles. The number of anilines is 1. The summed E-state index contributed by atoms with van der Waals surface area (Å²) in [5.41, 5.74) is 4.13. The number of rotatable bonds is 9. The molecule has 6 rings (SSSR count). The van der Waals surface area contributed by atoms with E-state index in [9.17, 15) is 14.7 Å². The van der Waals surface area contributed by atoms with E-state index in [1.165, 1.54) is 28.0 Å². The highest BCUT2D eigenvalue weighted by Crippen LogP contribution is 2.45. The fraction of sp³-hybridized carbons (Fsp3) is 0.219. The van der Waals surface area contributed by atoms with Crippen molar-refractivity contribution in [3.05, 3.63) is 107 Å². The number of hydrogen-bond acceptors (Lipinski definition) is 9. The van der Waals surface area contributed by atoms with Crippen LogP contribution in [0.25, 0.3) is 11.4 Å². The summed E-state index contributed by atoms with van der Waals surface area (Å²) in [5.74, 6) is -0.666. The van der Waals surface area contributed by atoms with Crippen molar-refractivity contribution >= 4 is 51.3 Å². The molecule has 5 aromatic rings. The number of imidazole rings is 1. The van der Waals surface area contributed by atoms with Gasteiger partial charge in [-0.1, -0.05) is 78.6 Å². The van der Waals surface area contributed by atoms with Gasteiger partial charge in [0, 0.05) is 11.9 Å². The molecule has 0 aliphatic carbocycles. The van der Waals surface area contributed by atoms with Crippen LogP contribution >= 0.6 is 23.1 Å². The van der Waals surface area contributed by atoms with E-state index in [2.05, 4.69) is 15.2 Å². The number of ether oxygens (including phenoxy) is 1. The number of benzene rings is 2. The molecule has 1 N–H and O–H groups in total. The molecule has 0 spiro atoms. The van der Waals surface area contributed by atoms with Crippen LogP contribution in [0.3, 0.4) is 0 Å². The van der Waals surface area contributed by atoms with Crippen molar-refractivity contribution in [1.82, 2.24) is 19.6 Å². The van der Waals surface area contributed by atoms with Gasteiger partial charge in [-0.3, -0.25) is 14.5 Å². The van der Waals surface area contributed by atoms with Gasteiger partial charge in [-0.2, -0.15) is 0 Å². The normalized spacial score (nSPS) is 16.3. The number of aliphatic hydroxyl groups is 1. The number of pyridine rings is 1. The summed E-state index contributed by atoms with van der Waals surface area (Å²) in [4.78, 5) is 33.4. The number of ketones is 1. The Bertz CT molecular complexity index is 1860. The first-order valence-corrected chi connectivity index (χ1v) is 15.7. The Morgan fingerprint density at radius 1 is 1.05 bits per heavy atom. The number of thioether (sulfide) groups is 1. The number of nitrogens with zero attached hydrogens (tertiary/aromatic N) is 5. The van der Waals surface area contributed by atoms with Crippen LogP contribution < -0.4 is 9.64 Å². The highest BCUT2D eigenvalue weighted by molar-refractivity contribution is 8.00. The van der Waals surface area contributed by atoms with Crippen molar-refractivity contribution in [2.24, 2.45) is 0 Å². The van der Waals surface area contributed by atoms with Gasteiger partial charge in [0.25, 0.3) is 5.78 Å². The summed E-state index contributed by atoms with van der Waals surface area (Å²) in [5, 5.41) is 20.6. The van der Waals surface area contributed by atoms with Crippen molar-refractivity contribution in [1.29, 1.82) is 0 Å². The molecular formula is C32H29N5O4S2. The number of amides is 1. The largest absolute Gasteiger partial charge is 0.505 e. The second kappa shape index (κ2) is 12.0. The first kappa shape index (κ1) is 28.6. The average molecular weight is 612 g/mol. The van der Waals surface area contributed by atoms with Gasteiger partial charge in [0.2, 0.25) is 5.13 Å². The molecular weight excluding hydrogens is 583 g/mol. The summed E-state index contributed by atoms with van der Waals surface area (Å²) in [6, 6.07) is 20.1. The molecule has 1 amide bonds. The zero-order valence-electron chi connectivity index (χ0n) is 23.9. The number of fused-ring (bicyclic) bond motifs is 1. The highest BCUT2D eigenvalue weighted by atomic mass is 32.2. The molecule has 2 aromatic carbocycles. The minimum atomic E-state index is -0.963. The molecule has 1 atom stereocenters. The lowest BCUT2D eigenvalue weighted by Gasteiger charge is -2.23. The number of hydrogen-bond donors (Lipinski definition) is 1. The first-order valence-electron chi connectivity index (χ1n) is 13.9. The Morgan fingerprint density at radius 3 is 2.63 bits per heavy atom. The van der Waals surface area contributed by atoms with Crippen LogP contribution in [-0.4, -0.2) is 43.0 Å². The van der Waals surface area contributed by atoms with E-state index in [0.29, 0.717) is 39.4 Å². The second-order valence-corrected chi connectivity index (χ2v) is 12.3. The molecule has 43 heavy (non-hydrogen) atoms. The molecule has 11 heteroatoms. The predicted octanol–water partition coefficient (Wildman–Crippen LogP) is 6.51. The zero-order valence-corrected chi connectivity index (χ0v) is 25.5. The molecule has 1 fully saturated rings. The Hall–Kier alpha value is -4.48. The van der Waals surface area contributed by atoms with Crippen LogP contribution in [0, 0.1) is 13.8 Å². The second-order valence-electron chi connectivity index (χ2n) is 10.1. The maximum atomic E-state index is 13.7. The van der Waals surface area contributed by atoms with E-state index in [0.717, 1.165) is 17.5 Å². The molecule has 9 nitrogen and oxygen atoms in total. The lowest BCUT2D eigenvalue weighted by molar-refractivity contribution is -0.132. The SMILES string of the molecule is CCCOc1cccc(C2/C(=C(\O)c3nc4c(C)cccn4c3C)C(=O)C(=O)N2c2nnc(SCc3ccccc3)s2)c1. The summed E-state index contributed by atoms with van der Waals surface area (Å²) in [7, 11) is 0. The molecule has 1 aliphatic rings. The quantitative estimate of drug-likeness (QED) is 0.0661. The summed E-state index contributed by atoms with van der Waals surface area (Å²) >= 11 is 2.73. The van der Waals surface area contributed by atoms with Crippen LogP contribution in [0.4, 0.5) is 5.13 Å². The van der Waals surface area contributed by atoms with Crippen molar-refractivity contribution in [3.63, 3.8) is 0 Å². The topological polar surface area (TPSA) is 110 Å². The van der Waals surface area contributed by atoms with Crippen LogP contribution in [0.1, 0.15) is 47.5 Å². The third-order valence-electron chi connectivity index (χ3n) is 7.21. The number of aryl methyl sites for hydroxylation is 2. The third kappa shape index (κ3) is 5.41. The standard InChI is InChI=1S/C32H29N5O4S2/c1-4-16-41-23-14-8-13-22(17-23)26-24(27(38)25-20(3)36-15-9-10-19(2)29(36)33-25)28(39)30(40)37(26)31-34-35-32(43-31)42-18-21-11-6-5-7-12-21/h5-15,17,26,38H,4,16,18H2,1-3H3/b27-24+. The van der Waals surface area contributed by atoms with Crippen molar-refractivity contribution in [2.45, 2.75) is 43.3 Å². The van der Waals surface area contributed by atoms with Gasteiger partial charge >= 0.3 is 5.91 Å². The lowest BCUT2D eigenvalue weighted by Crippen LogP contribution is -2.29. The minimum Gasteiger partial charge on any atom is -0.505 e. The molecule has 1 aliphatic heterocycles. The number of Topliss-reactive ketones (excluding diaryl/α,β-unsaturated/α-hetero) is 1. The molecule has 1 saturated heterocycles. The van der Waals surface area contributed by atoms with Gasteiger partial charge in [-0.15, -0.1) is 10.2 Å². The van der Waals surface area contributed by atoms with Gasteiger partial charge < -0.3 is 14.2 Å². The Labute approximate surface area is 256 Å². The summed E-state index contributed by atoms with van der Waals surface area (Å²) in [6.07, 6.45) is 2.67. The van der Waals surface area contributed by atoms with Gasteiger partial charge in [0.05, 0.1) is 23.9 Å². The first-order chi connectivity index (χ1) is 20.9. The maximum absolute atomic E-state index is 13.7. The summed E-state index contributed by atoms with van der Waals surface area (Å²) < 4.78 is 8.38. The van der Waals surface area contributed by atoms with Crippen molar-refractivity contribution in [2.75, 3.05) is 11.5 Å². The van der Waals surface area contributed by atoms with Gasteiger partial charge in [0.15, 0.2) is 10.1 Å². The summed E-state index contributed by atoms with van der Waals surface area (Å²) in [6.45, 7) is 6.28. The molecule has 0 saturated carbocycles. The van der Waals surface area contributed by atoms with Crippen molar-refractivity contribution in [3.8, 4) is 5.75 Å². The third-order valence-corrected chi connectivity index (χ3v) is 9.33. The van der Waals surface area contributed by atoms with Crippen LogP contribution in [0.5, 0.6) is 5.75 Å². The van der Waals surface area contributed by atoms with E-state index >= 15 is 0 Å². The van der Waals surface area contributed by atoms with Gasteiger partial charge in [-0.25, -0.2) is 4.98 Å². The van der Waals surface area contributed by atoms with Crippen LogP contribution in [0.15, 0.2) is 82.8 Å². The minimum absolute atomic E-state index is 0.0597. The average Bonchev–Trinajstić information content (AvgIpc) is 3.70. The number of aromatic nitrogens is 4. The molecule has 1 unspecified atom stereocenters. The van der Waals surface area contributed by atoms with E-state index < -0.39 is 17.7 Å².